The molecular formula is C19H16ClN3O6. The highest BCUT2D eigenvalue weighted by molar-refractivity contribution is 6.33. The van der Waals surface area contributed by atoms with E-state index in [1.54, 1.807) is 24.3 Å². The molecule has 1 N–H and O–H groups in total. The number of benzene rings is 2. The first-order valence-corrected chi connectivity index (χ1v) is 8.99. The standard InChI is InChI=1S/C19H16ClN3O6/c20-15-3-1-2-4-16(15)21-17(24)11-29-19(26)12-9-18(25)22(10-12)13-5-7-14(8-6-13)23(27)28/h1-8,12H,9-11H2,(H,21,24)/t12-/m0/s1. The number of nitrogens with one attached hydrogen (secondary N) is 1. The van der Waals surface area contributed by atoms with E-state index in [2.05, 4.69) is 5.32 Å². The van der Waals surface area contributed by atoms with E-state index in [-0.39, 0.29) is 24.6 Å². The Balaban J connectivity index is 1.54. The van der Waals surface area contributed by atoms with Gasteiger partial charge in [0.25, 0.3) is 11.6 Å². The van der Waals surface area contributed by atoms with Gasteiger partial charge in [0.05, 0.1) is 21.6 Å². The number of anilines is 2. The topological polar surface area (TPSA) is 119 Å². The molecule has 29 heavy (non-hydrogen) atoms. The number of esters is 1. The molecule has 1 atom stereocenters. The Morgan fingerprint density at radius 2 is 1.90 bits per heavy atom. The fourth-order valence-electron chi connectivity index (χ4n) is 2.87. The summed E-state index contributed by atoms with van der Waals surface area (Å²) in [7, 11) is 0. The summed E-state index contributed by atoms with van der Waals surface area (Å²) in [5, 5.41) is 13.6. The summed E-state index contributed by atoms with van der Waals surface area (Å²) < 4.78 is 5.02. The zero-order valence-corrected chi connectivity index (χ0v) is 15.8. The van der Waals surface area contributed by atoms with E-state index in [1.807, 2.05) is 0 Å². The summed E-state index contributed by atoms with van der Waals surface area (Å²) in [6.07, 6.45) is -0.0675. The van der Waals surface area contributed by atoms with Crippen molar-refractivity contribution in [2.45, 2.75) is 6.42 Å². The maximum absolute atomic E-state index is 12.2. The van der Waals surface area contributed by atoms with Gasteiger partial charge in [-0.1, -0.05) is 23.7 Å². The molecule has 0 bridgehead atoms. The SMILES string of the molecule is O=C(COC(=O)[C@H]1CC(=O)N(c2ccc([N+](=O)[O-])cc2)C1)Nc1ccccc1Cl. The van der Waals surface area contributed by atoms with Gasteiger partial charge in [0.1, 0.15) is 0 Å². The number of nitro groups is 1. The molecular weight excluding hydrogens is 402 g/mol. The number of non-ortho nitro benzene ring substituents is 1. The molecule has 0 spiro atoms. The number of hydrogen-bond donors (Lipinski definition) is 1. The molecule has 2 amide bonds. The predicted octanol–water partition coefficient (Wildman–Crippen LogP) is 2.78. The smallest absolute Gasteiger partial charge is 0.311 e. The number of carbonyl (C=O) groups is 3. The number of ether oxygens (including phenoxy) is 1. The highest BCUT2D eigenvalue weighted by Gasteiger charge is 2.36. The van der Waals surface area contributed by atoms with Crippen LogP contribution in [0.15, 0.2) is 48.5 Å². The van der Waals surface area contributed by atoms with Crippen LogP contribution in [0.2, 0.25) is 5.02 Å². The summed E-state index contributed by atoms with van der Waals surface area (Å²) in [5.41, 5.74) is 0.754. The van der Waals surface area contributed by atoms with Gasteiger partial charge in [-0.2, -0.15) is 0 Å². The molecule has 1 saturated heterocycles. The van der Waals surface area contributed by atoms with Crippen molar-refractivity contribution in [2.24, 2.45) is 5.92 Å². The van der Waals surface area contributed by atoms with Gasteiger partial charge >= 0.3 is 5.97 Å². The van der Waals surface area contributed by atoms with Crippen molar-refractivity contribution in [3.63, 3.8) is 0 Å². The number of amides is 2. The summed E-state index contributed by atoms with van der Waals surface area (Å²) in [4.78, 5) is 47.9. The average molecular weight is 418 g/mol. The molecule has 1 heterocycles. The summed E-state index contributed by atoms with van der Waals surface area (Å²) in [5.74, 6) is -2.26. The second kappa shape index (κ2) is 8.70. The van der Waals surface area contributed by atoms with Crippen molar-refractivity contribution >= 4 is 46.4 Å². The Morgan fingerprint density at radius 3 is 2.55 bits per heavy atom. The largest absolute Gasteiger partial charge is 0.455 e. The van der Waals surface area contributed by atoms with Crippen LogP contribution in [0.3, 0.4) is 0 Å². The Morgan fingerprint density at radius 1 is 1.21 bits per heavy atom. The average Bonchev–Trinajstić information content (AvgIpc) is 3.09. The third kappa shape index (κ3) is 4.88. The van der Waals surface area contributed by atoms with Gasteiger partial charge in [0.2, 0.25) is 5.91 Å². The molecule has 0 aliphatic carbocycles. The lowest BCUT2D eigenvalue weighted by molar-refractivity contribution is -0.384. The molecule has 9 nitrogen and oxygen atoms in total. The summed E-state index contributed by atoms with van der Waals surface area (Å²) in [6.45, 7) is -0.437. The van der Waals surface area contributed by atoms with Crippen LogP contribution in [0.25, 0.3) is 0 Å². The van der Waals surface area contributed by atoms with Crippen LogP contribution in [0.4, 0.5) is 17.1 Å². The number of rotatable bonds is 6. The molecule has 0 aromatic heterocycles. The minimum absolute atomic E-state index is 0.0675. The van der Waals surface area contributed by atoms with Gasteiger partial charge < -0.3 is 15.0 Å². The molecule has 0 unspecified atom stereocenters. The number of halogens is 1. The Kier molecular flexibility index (Phi) is 6.08. The maximum Gasteiger partial charge on any atom is 0.311 e. The first-order valence-electron chi connectivity index (χ1n) is 8.61. The van der Waals surface area contributed by atoms with Gasteiger partial charge in [-0.3, -0.25) is 24.5 Å². The number of hydrogen-bond acceptors (Lipinski definition) is 6. The summed E-state index contributed by atoms with van der Waals surface area (Å²) >= 11 is 5.95. The van der Waals surface area contributed by atoms with Gasteiger partial charge in [-0.15, -0.1) is 0 Å². The fraction of sp³-hybridized carbons (Fsp3) is 0.211. The molecule has 2 aromatic rings. The minimum Gasteiger partial charge on any atom is -0.455 e. The third-order valence-corrected chi connectivity index (χ3v) is 4.65. The van der Waals surface area contributed by atoms with Gasteiger partial charge in [-0.25, -0.2) is 0 Å². The predicted molar refractivity (Wildman–Crippen MR) is 105 cm³/mol. The highest BCUT2D eigenvalue weighted by atomic mass is 35.5. The van der Waals surface area contributed by atoms with Gasteiger partial charge in [0, 0.05) is 30.8 Å². The van der Waals surface area contributed by atoms with Crippen LogP contribution in [0, 0.1) is 16.0 Å². The van der Waals surface area contributed by atoms with Crippen LogP contribution in [-0.4, -0.2) is 35.9 Å². The van der Waals surface area contributed by atoms with E-state index in [9.17, 15) is 24.5 Å². The van der Waals surface area contributed by atoms with E-state index in [4.69, 9.17) is 16.3 Å². The van der Waals surface area contributed by atoms with E-state index in [1.165, 1.54) is 29.2 Å². The lowest BCUT2D eigenvalue weighted by Gasteiger charge is -2.16. The van der Waals surface area contributed by atoms with E-state index >= 15 is 0 Å². The minimum atomic E-state index is -0.731. The van der Waals surface area contributed by atoms with E-state index < -0.39 is 29.3 Å². The van der Waals surface area contributed by atoms with Crippen molar-refractivity contribution in [3.05, 3.63) is 63.7 Å². The molecule has 150 valence electrons. The van der Waals surface area contributed by atoms with Crippen molar-refractivity contribution in [3.8, 4) is 0 Å². The fourth-order valence-corrected chi connectivity index (χ4v) is 3.06. The van der Waals surface area contributed by atoms with Gasteiger partial charge in [0.15, 0.2) is 6.61 Å². The van der Waals surface area contributed by atoms with Crippen LogP contribution < -0.4 is 10.2 Å². The maximum atomic E-state index is 12.2. The molecule has 2 aromatic carbocycles. The van der Waals surface area contributed by atoms with Crippen LogP contribution in [0.5, 0.6) is 0 Å². The molecule has 10 heteroatoms. The molecule has 1 aliphatic heterocycles. The monoisotopic (exact) mass is 417 g/mol. The zero-order chi connectivity index (χ0) is 21.0. The first-order chi connectivity index (χ1) is 13.8. The quantitative estimate of drug-likeness (QED) is 0.438. The number of nitro benzene ring substituents is 1. The number of carbonyl (C=O) groups excluding carboxylic acids is 3. The number of para-hydroxylation sites is 1. The Labute approximate surface area is 170 Å². The number of nitrogens with zero attached hydrogens (tertiary/aromatic N) is 2. The van der Waals surface area contributed by atoms with Gasteiger partial charge in [-0.05, 0) is 24.3 Å². The van der Waals surface area contributed by atoms with E-state index in [0.717, 1.165) is 0 Å². The second-order valence-corrected chi connectivity index (χ2v) is 6.72. The van der Waals surface area contributed by atoms with Crippen LogP contribution in [-0.2, 0) is 19.1 Å². The molecule has 1 aliphatic rings. The van der Waals surface area contributed by atoms with Crippen molar-refractivity contribution in [1.29, 1.82) is 0 Å². The molecule has 1 fully saturated rings. The van der Waals surface area contributed by atoms with Crippen molar-refractivity contribution < 1.29 is 24.0 Å². The van der Waals surface area contributed by atoms with E-state index in [0.29, 0.717) is 16.4 Å². The van der Waals surface area contributed by atoms with Crippen molar-refractivity contribution in [1.82, 2.24) is 0 Å². The summed E-state index contributed by atoms with van der Waals surface area (Å²) in [6, 6.07) is 12.1. The first kappa shape index (κ1) is 20.3. The lowest BCUT2D eigenvalue weighted by atomic mass is 10.1. The third-order valence-electron chi connectivity index (χ3n) is 4.32. The van der Waals surface area contributed by atoms with Crippen molar-refractivity contribution in [2.75, 3.05) is 23.4 Å². The lowest BCUT2D eigenvalue weighted by Crippen LogP contribution is -2.28. The molecule has 3 rings (SSSR count). The van der Waals surface area contributed by atoms with Crippen LogP contribution >= 0.6 is 11.6 Å². The normalized spacial score (nSPS) is 15.8. The molecule has 0 radical (unpaired) electrons. The highest BCUT2D eigenvalue weighted by Crippen LogP contribution is 2.27. The Hall–Kier alpha value is -3.46. The van der Waals surface area contributed by atoms with Crippen LogP contribution in [0.1, 0.15) is 6.42 Å². The molecule has 0 saturated carbocycles. The Bertz CT molecular complexity index is 963. The second-order valence-electron chi connectivity index (χ2n) is 6.31. The zero-order valence-electron chi connectivity index (χ0n) is 15.0.